The molecule has 8 nitrogen and oxygen atoms in total. The van der Waals surface area contributed by atoms with E-state index in [1.165, 1.54) is 0 Å². The van der Waals surface area contributed by atoms with Crippen LogP contribution in [0, 0.1) is 0 Å². The van der Waals surface area contributed by atoms with Crippen LogP contribution in [0.2, 0.25) is 0 Å². The van der Waals surface area contributed by atoms with Crippen LogP contribution in [0.15, 0.2) is 156 Å². The second-order valence-corrected chi connectivity index (χ2v) is 10.4. The van der Waals surface area contributed by atoms with Crippen molar-refractivity contribution in [2.45, 2.75) is 0 Å². The van der Waals surface area contributed by atoms with Crippen molar-refractivity contribution >= 4 is 23.8 Å². The van der Waals surface area contributed by atoms with E-state index in [1.807, 2.05) is 109 Å². The predicted octanol–water partition coefficient (Wildman–Crippen LogP) is 8.23. The summed E-state index contributed by atoms with van der Waals surface area (Å²) in [6.45, 7) is 0. The molecule has 4 aromatic carbocycles. The van der Waals surface area contributed by atoms with Crippen LogP contribution in [0.3, 0.4) is 0 Å². The number of aromatic nitrogens is 6. The van der Waals surface area contributed by atoms with Gasteiger partial charge in [0.05, 0.1) is 11.4 Å². The summed E-state index contributed by atoms with van der Waals surface area (Å²) < 4.78 is 0. The minimum atomic E-state index is 0.472. The summed E-state index contributed by atoms with van der Waals surface area (Å²) in [5, 5.41) is 17.4. The lowest BCUT2D eigenvalue weighted by atomic mass is 10.0. The first kappa shape index (κ1) is 28.2. The summed E-state index contributed by atoms with van der Waals surface area (Å²) in [6.07, 6.45) is 10.7. The van der Waals surface area contributed by atoms with Crippen molar-refractivity contribution in [2.75, 3.05) is 0 Å². The molecule has 46 heavy (non-hydrogen) atoms. The maximum Gasteiger partial charge on any atom is 0.203 e. The number of rotatable bonds is 8. The molecule has 0 saturated heterocycles. The van der Waals surface area contributed by atoms with Gasteiger partial charge in [-0.05, 0) is 81.9 Å². The summed E-state index contributed by atoms with van der Waals surface area (Å²) in [5.74, 6) is 0.943. The molecule has 0 radical (unpaired) electrons. The third kappa shape index (κ3) is 6.82. The molecular weight excluding hydrogens is 568 g/mol. The van der Waals surface area contributed by atoms with Gasteiger partial charge in [-0.1, -0.05) is 72.8 Å². The molecular formula is C38H26N8. The SMILES string of the molecule is C(=N\c1ccc(-c2ccc(-c3nnc(-c4ccc(-c5ccc(/N=C/c6ccncc6)cc5)cc4)nn3)cc2)cc1)/c1ccncc1. The highest BCUT2D eigenvalue weighted by molar-refractivity contribution is 5.82. The third-order valence-electron chi connectivity index (χ3n) is 7.30. The molecule has 0 aliphatic carbocycles. The van der Waals surface area contributed by atoms with E-state index in [0.29, 0.717) is 11.6 Å². The lowest BCUT2D eigenvalue weighted by Crippen LogP contribution is -1.99. The lowest BCUT2D eigenvalue weighted by Gasteiger charge is -2.06. The summed E-state index contributed by atoms with van der Waals surface area (Å²) in [6, 6.07) is 40.0. The van der Waals surface area contributed by atoms with E-state index < -0.39 is 0 Å². The smallest absolute Gasteiger partial charge is 0.203 e. The van der Waals surface area contributed by atoms with Crippen LogP contribution in [0.5, 0.6) is 0 Å². The number of benzene rings is 4. The molecule has 7 rings (SSSR count). The summed E-state index contributed by atoms with van der Waals surface area (Å²) >= 11 is 0. The second kappa shape index (κ2) is 13.4. The number of nitrogens with zero attached hydrogens (tertiary/aromatic N) is 8. The van der Waals surface area contributed by atoms with Crippen LogP contribution in [-0.4, -0.2) is 42.8 Å². The Hall–Kier alpha value is -6.54. The highest BCUT2D eigenvalue weighted by Gasteiger charge is 2.08. The average molecular weight is 595 g/mol. The standard InChI is InChI=1S/C38H26N8/c1-5-33(6-2-29(1)31-9-13-35(14-10-31)41-25-27-17-21-39-22-18-27)37-43-45-38(46-44-37)34-7-3-30(4-8-34)32-11-15-36(16-12-32)42-26-28-19-23-40-24-20-28/h1-26H/b41-25+,42-26+. The monoisotopic (exact) mass is 594 g/mol. The van der Waals surface area contributed by atoms with E-state index in [-0.39, 0.29) is 0 Å². The van der Waals surface area contributed by atoms with Gasteiger partial charge in [0.15, 0.2) is 0 Å². The Morgan fingerprint density at radius 2 is 0.609 bits per heavy atom. The van der Waals surface area contributed by atoms with Gasteiger partial charge < -0.3 is 0 Å². The summed E-state index contributed by atoms with van der Waals surface area (Å²) in [7, 11) is 0. The van der Waals surface area contributed by atoms with Crippen molar-refractivity contribution in [2.24, 2.45) is 9.98 Å². The Bertz CT molecular complexity index is 1920. The van der Waals surface area contributed by atoms with Gasteiger partial charge in [-0.15, -0.1) is 20.4 Å². The second-order valence-electron chi connectivity index (χ2n) is 10.4. The zero-order chi connectivity index (χ0) is 31.0. The van der Waals surface area contributed by atoms with Crippen LogP contribution in [0.1, 0.15) is 11.1 Å². The zero-order valence-corrected chi connectivity index (χ0v) is 24.6. The van der Waals surface area contributed by atoms with Crippen molar-refractivity contribution in [3.8, 4) is 45.0 Å². The van der Waals surface area contributed by atoms with Crippen LogP contribution < -0.4 is 0 Å². The van der Waals surface area contributed by atoms with Gasteiger partial charge in [0.1, 0.15) is 0 Å². The first-order chi connectivity index (χ1) is 22.8. The molecule has 0 amide bonds. The molecule has 0 N–H and O–H groups in total. The van der Waals surface area contributed by atoms with Crippen molar-refractivity contribution in [3.63, 3.8) is 0 Å². The quantitative estimate of drug-likeness (QED) is 0.164. The molecule has 0 bridgehead atoms. The molecule has 0 atom stereocenters. The Morgan fingerprint density at radius 3 is 0.935 bits per heavy atom. The molecule has 7 aromatic rings. The number of pyridine rings is 2. The predicted molar refractivity (Wildman–Crippen MR) is 182 cm³/mol. The minimum absolute atomic E-state index is 0.472. The average Bonchev–Trinajstić information content (AvgIpc) is 3.15. The molecule has 8 heteroatoms. The maximum absolute atomic E-state index is 4.54. The number of hydrogen-bond acceptors (Lipinski definition) is 8. The van der Waals surface area contributed by atoms with Gasteiger partial charge >= 0.3 is 0 Å². The first-order valence-corrected chi connectivity index (χ1v) is 14.6. The van der Waals surface area contributed by atoms with Crippen molar-refractivity contribution in [3.05, 3.63) is 157 Å². The lowest BCUT2D eigenvalue weighted by molar-refractivity contribution is 0.876. The molecule has 0 aliphatic rings. The minimum Gasteiger partial charge on any atom is -0.265 e. The van der Waals surface area contributed by atoms with E-state index >= 15 is 0 Å². The fourth-order valence-corrected chi connectivity index (χ4v) is 4.76. The Morgan fingerprint density at radius 1 is 0.326 bits per heavy atom. The molecule has 0 fully saturated rings. The number of aliphatic imine (C=N–C) groups is 2. The molecule has 3 aromatic heterocycles. The van der Waals surface area contributed by atoms with Gasteiger partial charge in [-0.3, -0.25) is 20.0 Å². The van der Waals surface area contributed by atoms with E-state index in [0.717, 1.165) is 55.9 Å². The zero-order valence-electron chi connectivity index (χ0n) is 24.6. The van der Waals surface area contributed by atoms with Crippen LogP contribution >= 0.6 is 0 Å². The molecule has 0 saturated carbocycles. The van der Waals surface area contributed by atoms with Crippen LogP contribution in [0.4, 0.5) is 11.4 Å². The summed E-state index contributed by atoms with van der Waals surface area (Å²) in [5.41, 5.74) is 9.83. The Balaban J connectivity index is 0.982. The van der Waals surface area contributed by atoms with Gasteiger partial charge in [-0.2, -0.15) is 0 Å². The topological polar surface area (TPSA) is 102 Å². The fraction of sp³-hybridized carbons (Fsp3) is 0. The molecule has 218 valence electrons. The molecule has 0 unspecified atom stereocenters. The largest absolute Gasteiger partial charge is 0.265 e. The van der Waals surface area contributed by atoms with E-state index in [2.05, 4.69) is 64.6 Å². The van der Waals surface area contributed by atoms with Gasteiger partial charge in [0.25, 0.3) is 0 Å². The van der Waals surface area contributed by atoms with Gasteiger partial charge in [0, 0.05) is 48.3 Å². The van der Waals surface area contributed by atoms with Crippen molar-refractivity contribution in [1.82, 2.24) is 30.4 Å². The van der Waals surface area contributed by atoms with Gasteiger partial charge in [-0.25, -0.2) is 0 Å². The fourth-order valence-electron chi connectivity index (χ4n) is 4.76. The molecule has 0 spiro atoms. The Labute approximate surface area is 266 Å². The third-order valence-corrected chi connectivity index (χ3v) is 7.30. The molecule has 0 aliphatic heterocycles. The van der Waals surface area contributed by atoms with Crippen molar-refractivity contribution < 1.29 is 0 Å². The normalized spacial score (nSPS) is 11.3. The van der Waals surface area contributed by atoms with Crippen LogP contribution in [-0.2, 0) is 0 Å². The molecule has 3 heterocycles. The highest BCUT2D eigenvalue weighted by Crippen LogP contribution is 2.27. The van der Waals surface area contributed by atoms with E-state index in [9.17, 15) is 0 Å². The van der Waals surface area contributed by atoms with Crippen LogP contribution in [0.25, 0.3) is 45.0 Å². The Kier molecular flexibility index (Phi) is 8.23. The van der Waals surface area contributed by atoms with E-state index in [1.54, 1.807) is 24.8 Å². The van der Waals surface area contributed by atoms with Gasteiger partial charge in [0.2, 0.25) is 11.6 Å². The highest BCUT2D eigenvalue weighted by atomic mass is 15.3. The maximum atomic E-state index is 4.54. The van der Waals surface area contributed by atoms with E-state index in [4.69, 9.17) is 0 Å². The first-order valence-electron chi connectivity index (χ1n) is 14.6. The van der Waals surface area contributed by atoms with Crippen molar-refractivity contribution in [1.29, 1.82) is 0 Å². The number of hydrogen-bond donors (Lipinski definition) is 0. The summed E-state index contributed by atoms with van der Waals surface area (Å²) in [4.78, 5) is 17.1.